The van der Waals surface area contributed by atoms with E-state index >= 15 is 0 Å². The van der Waals surface area contributed by atoms with Crippen LogP contribution in [0.5, 0.6) is 5.88 Å². The molecular weight excluding hydrogens is 415 g/mol. The maximum absolute atomic E-state index is 12.4. The van der Waals surface area contributed by atoms with E-state index in [0.29, 0.717) is 42.8 Å². The second-order valence-corrected chi connectivity index (χ2v) is 6.74. The van der Waals surface area contributed by atoms with Crippen molar-refractivity contribution < 1.29 is 27.4 Å². The van der Waals surface area contributed by atoms with E-state index in [9.17, 15) is 18.0 Å². The lowest BCUT2D eigenvalue weighted by Crippen LogP contribution is -2.28. The summed E-state index contributed by atoms with van der Waals surface area (Å²) in [5.74, 6) is -0.393. The summed E-state index contributed by atoms with van der Waals surface area (Å²) in [7, 11) is 0. The highest BCUT2D eigenvalue weighted by Crippen LogP contribution is 2.21. The van der Waals surface area contributed by atoms with Crippen LogP contribution in [0.15, 0.2) is 30.7 Å². The van der Waals surface area contributed by atoms with Gasteiger partial charge in [-0.25, -0.2) is 4.98 Å². The van der Waals surface area contributed by atoms with Gasteiger partial charge in [-0.15, -0.1) is 0 Å². The van der Waals surface area contributed by atoms with Gasteiger partial charge in [0.2, 0.25) is 5.88 Å². The zero-order chi connectivity index (χ0) is 22.4. The lowest BCUT2D eigenvalue weighted by Gasteiger charge is -2.11. The first kappa shape index (κ1) is 22.5. The number of ether oxygens (including phenoxy) is 2. The van der Waals surface area contributed by atoms with Gasteiger partial charge in [0.05, 0.1) is 24.1 Å². The molecule has 8 nitrogen and oxygen atoms in total. The summed E-state index contributed by atoms with van der Waals surface area (Å²) in [4.78, 5) is 20.6. The molecule has 3 aromatic rings. The monoisotopic (exact) mass is 437 g/mol. The Bertz CT molecular complexity index is 1050. The average Bonchev–Trinajstić information content (AvgIpc) is 3.12. The van der Waals surface area contributed by atoms with Crippen molar-refractivity contribution in [1.82, 2.24) is 25.1 Å². The molecule has 0 unspecified atom stereocenters. The molecule has 0 spiro atoms. The van der Waals surface area contributed by atoms with Crippen LogP contribution in [-0.2, 0) is 11.3 Å². The highest BCUT2D eigenvalue weighted by atomic mass is 19.4. The van der Waals surface area contributed by atoms with Crippen molar-refractivity contribution in [2.45, 2.75) is 26.6 Å². The summed E-state index contributed by atoms with van der Waals surface area (Å²) in [6.45, 7) is 3.76. The van der Waals surface area contributed by atoms with E-state index < -0.39 is 12.8 Å². The van der Waals surface area contributed by atoms with E-state index in [4.69, 9.17) is 9.47 Å². The van der Waals surface area contributed by atoms with Crippen molar-refractivity contribution in [1.29, 1.82) is 0 Å². The number of pyridine rings is 2. The maximum Gasteiger partial charge on any atom is 0.422 e. The Labute approximate surface area is 176 Å². The fourth-order valence-electron chi connectivity index (χ4n) is 2.92. The van der Waals surface area contributed by atoms with Gasteiger partial charge >= 0.3 is 6.18 Å². The van der Waals surface area contributed by atoms with Crippen molar-refractivity contribution in [2.75, 3.05) is 26.4 Å². The van der Waals surface area contributed by atoms with Crippen molar-refractivity contribution in [3.05, 3.63) is 47.5 Å². The first-order chi connectivity index (χ1) is 14.8. The van der Waals surface area contributed by atoms with Crippen LogP contribution in [0.25, 0.3) is 10.9 Å². The molecule has 3 heterocycles. The third-order valence-electron chi connectivity index (χ3n) is 4.24. The van der Waals surface area contributed by atoms with Crippen LogP contribution < -0.4 is 10.1 Å². The molecule has 0 radical (unpaired) electrons. The first-order valence-electron chi connectivity index (χ1n) is 9.60. The highest BCUT2D eigenvalue weighted by molar-refractivity contribution is 6.04. The van der Waals surface area contributed by atoms with E-state index in [0.717, 1.165) is 5.56 Å². The number of hydrogen-bond acceptors (Lipinski definition) is 6. The van der Waals surface area contributed by atoms with E-state index in [2.05, 4.69) is 20.4 Å². The van der Waals surface area contributed by atoms with Gasteiger partial charge in [0, 0.05) is 37.3 Å². The Morgan fingerprint density at radius 1 is 1.29 bits per heavy atom. The van der Waals surface area contributed by atoms with Crippen LogP contribution in [-0.4, -0.2) is 58.2 Å². The molecular formula is C20H22F3N5O3. The number of aryl methyl sites for hydroxylation is 1. The van der Waals surface area contributed by atoms with E-state index in [1.54, 1.807) is 29.9 Å². The van der Waals surface area contributed by atoms with Crippen LogP contribution in [0.2, 0.25) is 0 Å². The Balaban J connectivity index is 1.72. The molecule has 0 fully saturated rings. The summed E-state index contributed by atoms with van der Waals surface area (Å²) in [6, 6.07) is 3.38. The Morgan fingerprint density at radius 2 is 2.10 bits per heavy atom. The average molecular weight is 437 g/mol. The predicted octanol–water partition coefficient (Wildman–Crippen LogP) is 2.89. The Kier molecular flexibility index (Phi) is 7.06. The second kappa shape index (κ2) is 9.73. The number of nitrogens with zero attached hydrogens (tertiary/aromatic N) is 4. The second-order valence-electron chi connectivity index (χ2n) is 6.74. The van der Waals surface area contributed by atoms with Crippen LogP contribution in [0, 0.1) is 6.92 Å². The lowest BCUT2D eigenvalue weighted by atomic mass is 10.2. The number of rotatable bonds is 9. The number of carbonyl (C=O) groups is 1. The molecule has 11 heteroatoms. The van der Waals surface area contributed by atoms with Crippen molar-refractivity contribution in [2.24, 2.45) is 0 Å². The Morgan fingerprint density at radius 3 is 2.81 bits per heavy atom. The van der Waals surface area contributed by atoms with Crippen LogP contribution in [0.1, 0.15) is 28.5 Å². The number of carbonyl (C=O) groups excluding carboxylic acids is 1. The number of halogens is 3. The summed E-state index contributed by atoms with van der Waals surface area (Å²) < 4.78 is 48.5. The molecule has 0 bridgehead atoms. The molecule has 166 valence electrons. The van der Waals surface area contributed by atoms with Gasteiger partial charge in [0.15, 0.2) is 6.61 Å². The number of aromatic nitrogens is 4. The zero-order valence-electron chi connectivity index (χ0n) is 17.1. The Hall–Kier alpha value is -3.21. The standard InChI is InChI=1S/C20H22F3N5O3/c1-3-30-7-6-25-18(29)17-15-11-28(27-16(15)4-5-24-17)10-14-8-13(2)19(26-9-14)31-12-20(21,22)23/h4-5,8-9,11H,3,6-7,10,12H2,1-2H3,(H,25,29). The molecule has 1 amide bonds. The number of fused-ring (bicyclic) bond motifs is 1. The highest BCUT2D eigenvalue weighted by Gasteiger charge is 2.29. The van der Waals surface area contributed by atoms with Gasteiger partial charge < -0.3 is 14.8 Å². The topological polar surface area (TPSA) is 91.2 Å². The zero-order valence-corrected chi connectivity index (χ0v) is 17.1. The number of alkyl halides is 3. The van der Waals surface area contributed by atoms with E-state index in [1.165, 1.54) is 12.4 Å². The molecule has 0 aliphatic rings. The van der Waals surface area contributed by atoms with E-state index in [-0.39, 0.29) is 17.5 Å². The predicted molar refractivity (Wildman–Crippen MR) is 106 cm³/mol. The molecule has 0 aromatic carbocycles. The molecule has 0 saturated carbocycles. The molecule has 3 aromatic heterocycles. The summed E-state index contributed by atoms with van der Waals surface area (Å²) in [5.41, 5.74) is 2.06. The quantitative estimate of drug-likeness (QED) is 0.518. The number of nitrogens with one attached hydrogen (secondary N) is 1. The van der Waals surface area contributed by atoms with Crippen molar-refractivity contribution in [3.63, 3.8) is 0 Å². The van der Waals surface area contributed by atoms with Gasteiger partial charge in [-0.3, -0.25) is 14.5 Å². The van der Waals surface area contributed by atoms with Gasteiger partial charge in [-0.1, -0.05) is 0 Å². The maximum atomic E-state index is 12.4. The normalized spacial score (nSPS) is 11.6. The van der Waals surface area contributed by atoms with Crippen LogP contribution in [0.3, 0.4) is 0 Å². The third kappa shape index (κ3) is 6.14. The smallest absolute Gasteiger partial charge is 0.422 e. The summed E-state index contributed by atoms with van der Waals surface area (Å²) in [6.07, 6.45) is 0.215. The molecule has 0 atom stereocenters. The van der Waals surface area contributed by atoms with Gasteiger partial charge in [0.1, 0.15) is 5.69 Å². The summed E-state index contributed by atoms with van der Waals surface area (Å²) >= 11 is 0. The number of amides is 1. The molecule has 0 saturated heterocycles. The lowest BCUT2D eigenvalue weighted by molar-refractivity contribution is -0.154. The molecule has 0 aliphatic heterocycles. The fourth-order valence-corrected chi connectivity index (χ4v) is 2.92. The summed E-state index contributed by atoms with van der Waals surface area (Å²) in [5, 5.41) is 7.79. The number of hydrogen-bond donors (Lipinski definition) is 1. The minimum Gasteiger partial charge on any atom is -0.468 e. The molecule has 3 rings (SSSR count). The van der Waals surface area contributed by atoms with E-state index in [1.807, 2.05) is 6.92 Å². The minimum absolute atomic E-state index is 0.0677. The van der Waals surface area contributed by atoms with Crippen LogP contribution in [0.4, 0.5) is 13.2 Å². The van der Waals surface area contributed by atoms with Gasteiger partial charge in [-0.05, 0) is 31.5 Å². The molecule has 31 heavy (non-hydrogen) atoms. The minimum atomic E-state index is -4.43. The third-order valence-corrected chi connectivity index (χ3v) is 4.24. The van der Waals surface area contributed by atoms with Gasteiger partial charge in [-0.2, -0.15) is 18.3 Å². The largest absolute Gasteiger partial charge is 0.468 e. The molecule has 0 aliphatic carbocycles. The SMILES string of the molecule is CCOCCNC(=O)c1nccc2nn(Cc3cnc(OCC(F)(F)F)c(C)c3)cc12. The van der Waals surface area contributed by atoms with Crippen molar-refractivity contribution in [3.8, 4) is 5.88 Å². The molecule has 1 N–H and O–H groups in total. The van der Waals surface area contributed by atoms with Crippen molar-refractivity contribution >= 4 is 16.8 Å². The fraction of sp³-hybridized carbons (Fsp3) is 0.400. The van der Waals surface area contributed by atoms with Crippen LogP contribution >= 0.6 is 0 Å². The van der Waals surface area contributed by atoms with Gasteiger partial charge in [0.25, 0.3) is 5.91 Å². The first-order valence-corrected chi connectivity index (χ1v) is 9.60.